The number of hydrogen-bond donors (Lipinski definition) is 4. The van der Waals surface area contributed by atoms with Gasteiger partial charge in [-0.1, -0.05) is 0 Å². The third kappa shape index (κ3) is 1.52. The van der Waals surface area contributed by atoms with Crippen LogP contribution in [0.3, 0.4) is 0 Å². The van der Waals surface area contributed by atoms with E-state index in [1.54, 1.807) is 0 Å². The smallest absolute Gasteiger partial charge is 0.194 e. The van der Waals surface area contributed by atoms with E-state index in [1.807, 2.05) is 0 Å². The topological polar surface area (TPSA) is 90.2 Å². The van der Waals surface area contributed by atoms with E-state index in [-0.39, 0.29) is 6.61 Å². The molecule has 65 valence electrons. The summed E-state index contributed by atoms with van der Waals surface area (Å²) >= 11 is 0. The van der Waals surface area contributed by atoms with E-state index in [9.17, 15) is 0 Å². The van der Waals surface area contributed by atoms with E-state index < -0.39 is 24.1 Å². The zero-order valence-electron chi connectivity index (χ0n) is 5.84. The van der Waals surface area contributed by atoms with Gasteiger partial charge in [0.05, 0.1) is 6.61 Å². The lowest BCUT2D eigenvalue weighted by atomic mass is 9.98. The number of aliphatic hydroxyl groups excluding tert-OH is 3. The molecule has 1 heterocycles. The van der Waals surface area contributed by atoms with Gasteiger partial charge in [0.25, 0.3) is 0 Å². The molecule has 1 rings (SSSR count). The molecule has 0 spiro atoms. The molecule has 5 heteroatoms. The van der Waals surface area contributed by atoms with Crippen molar-refractivity contribution in [2.75, 3.05) is 6.61 Å². The Hall–Kier alpha value is -0.200. The summed E-state index contributed by atoms with van der Waals surface area (Å²) in [7, 11) is 0. The third-order valence-corrected chi connectivity index (χ3v) is 1.68. The molecule has 0 bridgehead atoms. The van der Waals surface area contributed by atoms with Crippen LogP contribution in [0.1, 0.15) is 0 Å². The predicted molar refractivity (Wildman–Crippen MR) is 34.3 cm³/mol. The van der Waals surface area contributed by atoms with Crippen LogP contribution in [0.15, 0.2) is 0 Å². The minimum atomic E-state index is -2.02. The van der Waals surface area contributed by atoms with Crippen molar-refractivity contribution in [3.63, 3.8) is 0 Å². The molecular weight excluding hydrogens is 152 g/mol. The second-order valence-electron chi connectivity index (χ2n) is 2.66. The molecule has 11 heavy (non-hydrogen) atoms. The van der Waals surface area contributed by atoms with Crippen molar-refractivity contribution in [1.29, 1.82) is 0 Å². The SMILES string of the molecule is [CH2][C@]1(O)OC[C@@H](O)[C@@H](O)[C@@H]1O. The largest absolute Gasteiger partial charge is 0.388 e. The van der Waals surface area contributed by atoms with E-state index in [0.717, 1.165) is 0 Å². The minimum absolute atomic E-state index is 0.238. The van der Waals surface area contributed by atoms with Crippen LogP contribution in [0.5, 0.6) is 0 Å². The van der Waals surface area contributed by atoms with Gasteiger partial charge in [0.15, 0.2) is 5.79 Å². The Labute approximate surface area is 63.8 Å². The molecule has 0 aliphatic carbocycles. The zero-order chi connectivity index (χ0) is 8.65. The Kier molecular flexibility index (Phi) is 2.17. The molecule has 1 saturated heterocycles. The molecule has 0 unspecified atom stereocenters. The molecule has 4 N–H and O–H groups in total. The summed E-state index contributed by atoms with van der Waals surface area (Å²) in [6.07, 6.45) is -4.16. The first kappa shape index (κ1) is 8.89. The van der Waals surface area contributed by atoms with Crippen LogP contribution >= 0.6 is 0 Å². The minimum Gasteiger partial charge on any atom is -0.388 e. The third-order valence-electron chi connectivity index (χ3n) is 1.68. The van der Waals surface area contributed by atoms with Crippen molar-refractivity contribution in [2.24, 2.45) is 0 Å². The van der Waals surface area contributed by atoms with Crippen molar-refractivity contribution >= 4 is 0 Å². The van der Waals surface area contributed by atoms with Gasteiger partial charge in [0.2, 0.25) is 0 Å². The average molecular weight is 163 g/mol. The molecule has 1 aliphatic heterocycles. The lowest BCUT2D eigenvalue weighted by Gasteiger charge is -2.39. The van der Waals surface area contributed by atoms with E-state index in [0.29, 0.717) is 0 Å². The predicted octanol–water partition coefficient (Wildman–Crippen LogP) is -2.38. The lowest BCUT2D eigenvalue weighted by Crippen LogP contribution is -2.59. The van der Waals surface area contributed by atoms with Gasteiger partial charge in [-0.3, -0.25) is 0 Å². The molecule has 0 saturated carbocycles. The van der Waals surface area contributed by atoms with Crippen molar-refractivity contribution in [3.05, 3.63) is 6.92 Å². The Morgan fingerprint density at radius 3 is 2.36 bits per heavy atom. The second kappa shape index (κ2) is 2.69. The van der Waals surface area contributed by atoms with E-state index in [4.69, 9.17) is 20.4 Å². The van der Waals surface area contributed by atoms with Crippen LogP contribution in [0, 0.1) is 6.92 Å². The van der Waals surface area contributed by atoms with Gasteiger partial charge in [0.1, 0.15) is 18.3 Å². The molecule has 4 atom stereocenters. The molecular formula is C6H11O5. The highest BCUT2D eigenvalue weighted by molar-refractivity contribution is 4.92. The van der Waals surface area contributed by atoms with Gasteiger partial charge in [-0.05, 0) is 0 Å². The Bertz CT molecular complexity index is 146. The van der Waals surface area contributed by atoms with Gasteiger partial charge in [-0.15, -0.1) is 0 Å². The normalized spacial score (nSPS) is 52.6. The van der Waals surface area contributed by atoms with Crippen LogP contribution in [0.2, 0.25) is 0 Å². The summed E-state index contributed by atoms with van der Waals surface area (Å²) in [5.41, 5.74) is 0. The summed E-state index contributed by atoms with van der Waals surface area (Å²) in [6.45, 7) is 2.87. The van der Waals surface area contributed by atoms with Crippen molar-refractivity contribution in [3.8, 4) is 0 Å². The highest BCUT2D eigenvalue weighted by Crippen LogP contribution is 2.22. The van der Waals surface area contributed by atoms with Crippen LogP contribution in [0.25, 0.3) is 0 Å². The Morgan fingerprint density at radius 2 is 1.91 bits per heavy atom. The van der Waals surface area contributed by atoms with Crippen LogP contribution in [-0.4, -0.2) is 51.1 Å². The molecule has 0 aromatic rings. The molecule has 0 aromatic heterocycles. The maximum Gasteiger partial charge on any atom is 0.194 e. The molecule has 1 fully saturated rings. The summed E-state index contributed by atoms with van der Waals surface area (Å²) in [6, 6.07) is 0. The molecule has 5 nitrogen and oxygen atoms in total. The fourth-order valence-electron chi connectivity index (χ4n) is 0.891. The first-order valence-electron chi connectivity index (χ1n) is 3.21. The van der Waals surface area contributed by atoms with Gasteiger partial charge >= 0.3 is 0 Å². The lowest BCUT2D eigenvalue weighted by molar-refractivity contribution is -0.298. The fourth-order valence-corrected chi connectivity index (χ4v) is 0.891. The summed E-state index contributed by atoms with van der Waals surface area (Å²) in [5.74, 6) is -2.02. The number of rotatable bonds is 0. The summed E-state index contributed by atoms with van der Waals surface area (Å²) < 4.78 is 4.54. The average Bonchev–Trinajstić information content (AvgIpc) is 1.95. The fraction of sp³-hybridized carbons (Fsp3) is 0.833. The van der Waals surface area contributed by atoms with Crippen LogP contribution < -0.4 is 0 Å². The van der Waals surface area contributed by atoms with Crippen LogP contribution in [0.4, 0.5) is 0 Å². The first-order valence-corrected chi connectivity index (χ1v) is 3.21. The number of ether oxygens (including phenoxy) is 1. The van der Waals surface area contributed by atoms with Gasteiger partial charge in [-0.2, -0.15) is 0 Å². The Morgan fingerprint density at radius 1 is 1.36 bits per heavy atom. The quantitative estimate of drug-likeness (QED) is 0.320. The maximum absolute atomic E-state index is 9.08. The van der Waals surface area contributed by atoms with E-state index in [2.05, 4.69) is 11.7 Å². The first-order chi connectivity index (χ1) is 4.95. The number of aliphatic hydroxyl groups is 4. The molecule has 0 aromatic carbocycles. The number of hydrogen-bond acceptors (Lipinski definition) is 5. The molecule has 0 amide bonds. The van der Waals surface area contributed by atoms with Gasteiger partial charge < -0.3 is 25.2 Å². The highest BCUT2D eigenvalue weighted by Gasteiger charge is 2.44. The van der Waals surface area contributed by atoms with Crippen molar-refractivity contribution < 1.29 is 25.2 Å². The zero-order valence-corrected chi connectivity index (χ0v) is 5.84. The molecule has 1 radical (unpaired) electrons. The van der Waals surface area contributed by atoms with Crippen molar-refractivity contribution in [1.82, 2.24) is 0 Å². The maximum atomic E-state index is 9.08. The summed E-state index contributed by atoms with van der Waals surface area (Å²) in [4.78, 5) is 0. The van der Waals surface area contributed by atoms with Gasteiger partial charge in [0, 0.05) is 6.92 Å². The van der Waals surface area contributed by atoms with Crippen LogP contribution in [-0.2, 0) is 4.74 Å². The van der Waals surface area contributed by atoms with E-state index in [1.165, 1.54) is 0 Å². The summed E-state index contributed by atoms with van der Waals surface area (Å²) in [5, 5.41) is 36.0. The monoisotopic (exact) mass is 163 g/mol. The highest BCUT2D eigenvalue weighted by atomic mass is 16.6. The second-order valence-corrected chi connectivity index (χ2v) is 2.66. The van der Waals surface area contributed by atoms with Gasteiger partial charge in [-0.25, -0.2) is 0 Å². The molecule has 1 aliphatic rings. The Balaban J connectivity index is 2.67. The van der Waals surface area contributed by atoms with Crippen molar-refractivity contribution in [2.45, 2.75) is 24.1 Å². The van der Waals surface area contributed by atoms with E-state index >= 15 is 0 Å². The standard InChI is InChI=1S/C6H11O5/c1-6(10)5(9)4(8)3(7)2-11-6/h3-5,7-10H,1-2H2/t3-,4-,5+,6+/m1/s1.